The van der Waals surface area contributed by atoms with Crippen LogP contribution in [-0.4, -0.2) is 59.0 Å². The predicted molar refractivity (Wildman–Crippen MR) is 59.9 cm³/mol. The predicted octanol–water partition coefficient (Wildman–Crippen LogP) is -1.14. The van der Waals surface area contributed by atoms with Crippen LogP contribution in [0, 0.1) is 0 Å². The Morgan fingerprint density at radius 3 is 2.56 bits per heavy atom. The summed E-state index contributed by atoms with van der Waals surface area (Å²) in [5, 5.41) is 21.7. The third kappa shape index (κ3) is 3.96. The lowest BCUT2D eigenvalue weighted by Crippen LogP contribution is -2.50. The first-order chi connectivity index (χ1) is 7.44. The highest BCUT2D eigenvalue weighted by Crippen LogP contribution is 2.11. The standard InChI is InChI=1S/C10H21N3O3/c1-10(16,7-14)6-12-8-2-4-13(5-3-8)9(11)15/h8,12,14,16H,2-7H2,1H3,(H2,11,15). The Morgan fingerprint density at radius 1 is 1.56 bits per heavy atom. The number of nitrogens with one attached hydrogen (secondary N) is 1. The highest BCUT2D eigenvalue weighted by atomic mass is 16.3. The number of carbonyl (C=O) groups excluding carboxylic acids is 1. The summed E-state index contributed by atoms with van der Waals surface area (Å²) in [7, 11) is 0. The Hall–Kier alpha value is -0.850. The number of aliphatic hydroxyl groups excluding tert-OH is 1. The highest BCUT2D eigenvalue weighted by molar-refractivity contribution is 5.72. The van der Waals surface area contributed by atoms with Crippen LogP contribution < -0.4 is 11.1 Å². The molecule has 1 fully saturated rings. The molecule has 0 aliphatic carbocycles. The fourth-order valence-electron chi connectivity index (χ4n) is 1.72. The molecule has 1 rings (SSSR count). The lowest BCUT2D eigenvalue weighted by atomic mass is 10.0. The second-order valence-electron chi connectivity index (χ2n) is 4.64. The quantitative estimate of drug-likeness (QED) is 0.491. The Labute approximate surface area is 95.4 Å². The minimum absolute atomic E-state index is 0.264. The van der Waals surface area contributed by atoms with Gasteiger partial charge in [-0.2, -0.15) is 0 Å². The number of aliphatic hydroxyl groups is 2. The van der Waals surface area contributed by atoms with Crippen molar-refractivity contribution < 1.29 is 15.0 Å². The van der Waals surface area contributed by atoms with Crippen LogP contribution in [0.4, 0.5) is 4.79 Å². The van der Waals surface area contributed by atoms with Gasteiger partial charge in [-0.1, -0.05) is 0 Å². The minimum atomic E-state index is -1.08. The summed E-state index contributed by atoms with van der Waals surface area (Å²) in [5.41, 5.74) is 4.09. The molecule has 0 saturated carbocycles. The van der Waals surface area contributed by atoms with Crippen LogP contribution in [-0.2, 0) is 0 Å². The fraction of sp³-hybridized carbons (Fsp3) is 0.900. The van der Waals surface area contributed by atoms with Crippen molar-refractivity contribution in [3.63, 3.8) is 0 Å². The van der Waals surface area contributed by atoms with Crippen molar-refractivity contribution in [2.75, 3.05) is 26.2 Å². The van der Waals surface area contributed by atoms with E-state index in [-0.39, 0.29) is 18.7 Å². The molecular formula is C10H21N3O3. The van der Waals surface area contributed by atoms with E-state index in [1.54, 1.807) is 11.8 Å². The van der Waals surface area contributed by atoms with E-state index in [0.717, 1.165) is 12.8 Å². The first-order valence-electron chi connectivity index (χ1n) is 5.55. The monoisotopic (exact) mass is 231 g/mol. The van der Waals surface area contributed by atoms with Crippen LogP contribution in [0.1, 0.15) is 19.8 Å². The molecule has 6 heteroatoms. The maximum Gasteiger partial charge on any atom is 0.314 e. The maximum absolute atomic E-state index is 10.9. The number of nitrogens with zero attached hydrogens (tertiary/aromatic N) is 1. The summed E-state index contributed by atoms with van der Waals surface area (Å²) in [5.74, 6) is 0. The number of hydrogen-bond acceptors (Lipinski definition) is 4. The highest BCUT2D eigenvalue weighted by Gasteiger charge is 2.24. The molecule has 1 atom stereocenters. The van der Waals surface area contributed by atoms with E-state index in [2.05, 4.69) is 5.32 Å². The van der Waals surface area contributed by atoms with Crippen LogP contribution in [0.25, 0.3) is 0 Å². The summed E-state index contributed by atoms with van der Waals surface area (Å²) in [6.07, 6.45) is 1.65. The molecule has 0 bridgehead atoms. The molecule has 0 aromatic carbocycles. The topological polar surface area (TPSA) is 98.8 Å². The zero-order chi connectivity index (χ0) is 12.2. The molecule has 0 radical (unpaired) electrons. The molecule has 1 unspecified atom stereocenters. The third-order valence-electron chi connectivity index (χ3n) is 2.92. The van der Waals surface area contributed by atoms with Crippen LogP contribution >= 0.6 is 0 Å². The summed E-state index contributed by atoms with van der Waals surface area (Å²) >= 11 is 0. The van der Waals surface area contributed by atoms with Crippen molar-refractivity contribution in [2.24, 2.45) is 5.73 Å². The minimum Gasteiger partial charge on any atom is -0.393 e. The average molecular weight is 231 g/mol. The largest absolute Gasteiger partial charge is 0.393 e. The molecule has 1 aliphatic rings. The van der Waals surface area contributed by atoms with Gasteiger partial charge in [0.05, 0.1) is 12.2 Å². The number of urea groups is 1. The Balaban J connectivity index is 2.25. The lowest BCUT2D eigenvalue weighted by molar-refractivity contribution is -0.000583. The van der Waals surface area contributed by atoms with Crippen molar-refractivity contribution in [3.05, 3.63) is 0 Å². The maximum atomic E-state index is 10.9. The smallest absolute Gasteiger partial charge is 0.314 e. The Morgan fingerprint density at radius 2 is 2.12 bits per heavy atom. The van der Waals surface area contributed by atoms with Gasteiger partial charge in [-0.15, -0.1) is 0 Å². The van der Waals surface area contributed by atoms with E-state index < -0.39 is 5.60 Å². The first kappa shape index (κ1) is 13.2. The first-order valence-corrected chi connectivity index (χ1v) is 5.55. The Kier molecular flexibility index (Phi) is 4.52. The number of amides is 2. The molecule has 2 amide bonds. The van der Waals surface area contributed by atoms with Gasteiger partial charge in [0.15, 0.2) is 0 Å². The van der Waals surface area contributed by atoms with Gasteiger partial charge in [-0.25, -0.2) is 4.79 Å². The summed E-state index contributed by atoms with van der Waals surface area (Å²) in [6.45, 7) is 2.96. The number of primary amides is 1. The number of hydrogen-bond donors (Lipinski definition) is 4. The Bertz CT molecular complexity index is 237. The third-order valence-corrected chi connectivity index (χ3v) is 2.92. The van der Waals surface area contributed by atoms with Gasteiger partial charge in [0.25, 0.3) is 0 Å². The molecule has 1 saturated heterocycles. The van der Waals surface area contributed by atoms with Crippen molar-refractivity contribution in [3.8, 4) is 0 Å². The van der Waals surface area contributed by atoms with Crippen molar-refractivity contribution in [2.45, 2.75) is 31.4 Å². The van der Waals surface area contributed by atoms with Crippen molar-refractivity contribution in [1.82, 2.24) is 10.2 Å². The van der Waals surface area contributed by atoms with Gasteiger partial charge in [0.2, 0.25) is 0 Å². The number of carbonyl (C=O) groups is 1. The summed E-state index contributed by atoms with van der Waals surface area (Å²) in [6, 6.07) is -0.102. The van der Waals surface area contributed by atoms with E-state index in [4.69, 9.17) is 10.8 Å². The fourth-order valence-corrected chi connectivity index (χ4v) is 1.72. The van der Waals surface area contributed by atoms with Crippen LogP contribution in [0.15, 0.2) is 0 Å². The molecule has 6 nitrogen and oxygen atoms in total. The number of rotatable bonds is 4. The lowest BCUT2D eigenvalue weighted by Gasteiger charge is -2.33. The molecule has 0 aromatic heterocycles. The van der Waals surface area contributed by atoms with Crippen LogP contribution in [0.3, 0.4) is 0 Å². The normalized spacial score (nSPS) is 21.8. The zero-order valence-electron chi connectivity index (χ0n) is 9.65. The van der Waals surface area contributed by atoms with Crippen LogP contribution in [0.2, 0.25) is 0 Å². The van der Waals surface area contributed by atoms with Crippen molar-refractivity contribution >= 4 is 6.03 Å². The van der Waals surface area contributed by atoms with E-state index >= 15 is 0 Å². The molecule has 5 N–H and O–H groups in total. The van der Waals surface area contributed by atoms with E-state index in [1.165, 1.54) is 0 Å². The zero-order valence-corrected chi connectivity index (χ0v) is 9.65. The molecular weight excluding hydrogens is 210 g/mol. The number of piperidine rings is 1. The summed E-state index contributed by atoms with van der Waals surface area (Å²) in [4.78, 5) is 12.5. The van der Waals surface area contributed by atoms with Crippen LogP contribution in [0.5, 0.6) is 0 Å². The SMILES string of the molecule is CC(O)(CO)CNC1CCN(C(N)=O)CC1. The number of nitrogens with two attached hydrogens (primary N) is 1. The number of likely N-dealkylation sites (tertiary alicyclic amines) is 1. The molecule has 94 valence electrons. The van der Waals surface area contributed by atoms with E-state index in [0.29, 0.717) is 19.6 Å². The molecule has 16 heavy (non-hydrogen) atoms. The van der Waals surface area contributed by atoms with Gasteiger partial charge < -0.3 is 26.2 Å². The van der Waals surface area contributed by atoms with E-state index in [1.807, 2.05) is 0 Å². The van der Waals surface area contributed by atoms with Gasteiger partial charge in [0, 0.05) is 25.7 Å². The average Bonchev–Trinajstić information content (AvgIpc) is 2.27. The van der Waals surface area contributed by atoms with E-state index in [9.17, 15) is 9.90 Å². The second-order valence-corrected chi connectivity index (χ2v) is 4.64. The van der Waals surface area contributed by atoms with Crippen molar-refractivity contribution in [1.29, 1.82) is 0 Å². The second kappa shape index (κ2) is 5.47. The summed E-state index contributed by atoms with van der Waals surface area (Å²) < 4.78 is 0. The van der Waals surface area contributed by atoms with Gasteiger partial charge in [0.1, 0.15) is 0 Å². The molecule has 0 aromatic rings. The van der Waals surface area contributed by atoms with Gasteiger partial charge in [-0.3, -0.25) is 0 Å². The molecule has 0 spiro atoms. The molecule has 1 aliphatic heterocycles. The molecule has 1 heterocycles. The van der Waals surface area contributed by atoms with Gasteiger partial charge >= 0.3 is 6.03 Å². The van der Waals surface area contributed by atoms with Gasteiger partial charge in [-0.05, 0) is 19.8 Å².